The Bertz CT molecular complexity index is 1390. The Labute approximate surface area is 233 Å². The fraction of sp³-hybridized carbons (Fsp3) is 0.452. The number of alkyl halides is 3. The maximum Gasteiger partial charge on any atom is 0.417 e. The van der Waals surface area contributed by atoms with Gasteiger partial charge >= 0.3 is 6.18 Å². The number of halogens is 3. The minimum atomic E-state index is -4.51. The van der Waals surface area contributed by atoms with Gasteiger partial charge in [0.2, 0.25) is 0 Å². The summed E-state index contributed by atoms with van der Waals surface area (Å²) < 4.78 is 41.9. The van der Waals surface area contributed by atoms with Crippen LogP contribution < -0.4 is 9.80 Å². The van der Waals surface area contributed by atoms with Gasteiger partial charge in [0.15, 0.2) is 5.82 Å². The van der Waals surface area contributed by atoms with Crippen molar-refractivity contribution in [3.63, 3.8) is 0 Å². The van der Waals surface area contributed by atoms with Gasteiger partial charge in [0, 0.05) is 62.0 Å². The fourth-order valence-electron chi connectivity index (χ4n) is 5.83. The maximum atomic E-state index is 14.0. The first kappa shape index (κ1) is 28.1. The molecule has 1 aromatic heterocycles. The zero-order valence-electron chi connectivity index (χ0n) is 23.5. The highest BCUT2D eigenvalue weighted by Crippen LogP contribution is 2.39. The van der Waals surface area contributed by atoms with E-state index in [1.54, 1.807) is 6.07 Å². The van der Waals surface area contributed by atoms with Crippen molar-refractivity contribution < 1.29 is 18.0 Å². The Morgan fingerprint density at radius 3 is 2.55 bits per heavy atom. The van der Waals surface area contributed by atoms with Gasteiger partial charge in [-0.25, -0.2) is 9.97 Å². The van der Waals surface area contributed by atoms with E-state index in [2.05, 4.69) is 60.6 Å². The van der Waals surface area contributed by atoms with Gasteiger partial charge in [0.1, 0.15) is 12.1 Å². The lowest BCUT2D eigenvalue weighted by atomic mass is 9.97. The minimum Gasteiger partial charge on any atom is -0.366 e. The van der Waals surface area contributed by atoms with Gasteiger partial charge in [-0.2, -0.15) is 13.2 Å². The molecule has 6 nitrogen and oxygen atoms in total. The summed E-state index contributed by atoms with van der Waals surface area (Å²) in [7, 11) is 0. The monoisotopic (exact) mass is 551 g/mol. The number of benzene rings is 2. The molecule has 0 unspecified atom stereocenters. The summed E-state index contributed by atoms with van der Waals surface area (Å²) in [6, 6.07) is 12.1. The van der Waals surface area contributed by atoms with Gasteiger partial charge < -0.3 is 14.6 Å². The van der Waals surface area contributed by atoms with E-state index in [-0.39, 0.29) is 17.4 Å². The quantitative estimate of drug-likeness (QED) is 0.358. The summed E-state index contributed by atoms with van der Waals surface area (Å²) in [6.45, 7) is 12.2. The molecule has 3 heterocycles. The van der Waals surface area contributed by atoms with Gasteiger partial charge in [0.25, 0.3) is 0 Å². The highest BCUT2D eigenvalue weighted by Gasteiger charge is 2.36. The van der Waals surface area contributed by atoms with Crippen molar-refractivity contribution >= 4 is 17.8 Å². The lowest BCUT2D eigenvalue weighted by molar-refractivity contribution is -0.137. The fourth-order valence-corrected chi connectivity index (χ4v) is 5.83. The third-order valence-electron chi connectivity index (χ3n) is 8.07. The third-order valence-corrected chi connectivity index (χ3v) is 8.07. The number of carbonyl (C=O) groups is 1. The Kier molecular flexibility index (Phi) is 7.86. The van der Waals surface area contributed by atoms with Crippen LogP contribution in [0.25, 0.3) is 11.4 Å². The van der Waals surface area contributed by atoms with Crippen molar-refractivity contribution in [2.75, 3.05) is 42.5 Å². The van der Waals surface area contributed by atoms with E-state index in [0.717, 1.165) is 35.8 Å². The Balaban J connectivity index is 1.60. The van der Waals surface area contributed by atoms with Crippen molar-refractivity contribution in [1.82, 2.24) is 14.9 Å². The molecule has 9 heteroatoms. The topological polar surface area (TPSA) is 52.6 Å². The van der Waals surface area contributed by atoms with E-state index in [1.807, 2.05) is 0 Å². The number of carbonyl (C=O) groups excluding carboxylic acids is 1. The van der Waals surface area contributed by atoms with Gasteiger partial charge in [-0.3, -0.25) is 4.90 Å². The Morgan fingerprint density at radius 2 is 1.85 bits per heavy atom. The van der Waals surface area contributed by atoms with Gasteiger partial charge in [-0.05, 0) is 43.0 Å². The second-order valence-corrected chi connectivity index (χ2v) is 11.2. The molecule has 2 aliphatic heterocycles. The van der Waals surface area contributed by atoms with Gasteiger partial charge in [-0.15, -0.1) is 0 Å². The number of fused-ring (bicyclic) bond motifs is 1. The largest absolute Gasteiger partial charge is 0.417 e. The summed E-state index contributed by atoms with van der Waals surface area (Å²) in [4.78, 5) is 27.4. The average molecular weight is 552 g/mol. The van der Waals surface area contributed by atoms with Crippen LogP contribution in [0.1, 0.15) is 54.6 Å². The zero-order chi connectivity index (χ0) is 28.6. The van der Waals surface area contributed by atoms with Crippen LogP contribution in [0.2, 0.25) is 0 Å². The van der Waals surface area contributed by atoms with Gasteiger partial charge in [-0.1, -0.05) is 44.2 Å². The van der Waals surface area contributed by atoms with E-state index in [0.29, 0.717) is 50.9 Å². The molecule has 40 heavy (non-hydrogen) atoms. The van der Waals surface area contributed by atoms with Crippen LogP contribution in [0, 0.1) is 6.92 Å². The molecule has 1 saturated heterocycles. The molecule has 1 fully saturated rings. The normalized spacial score (nSPS) is 18.2. The first-order valence-electron chi connectivity index (χ1n) is 13.9. The van der Waals surface area contributed by atoms with E-state index < -0.39 is 11.7 Å². The average Bonchev–Trinajstić information content (AvgIpc) is 2.92. The van der Waals surface area contributed by atoms with Crippen molar-refractivity contribution in [3.05, 3.63) is 70.4 Å². The first-order valence-corrected chi connectivity index (χ1v) is 13.9. The molecule has 0 radical (unpaired) electrons. The smallest absolute Gasteiger partial charge is 0.366 e. The lowest BCUT2D eigenvalue weighted by Gasteiger charge is -2.42. The number of aromatic nitrogens is 2. The first-order chi connectivity index (χ1) is 19.1. The molecule has 0 saturated carbocycles. The molecular formula is C31H36F3N5O. The van der Waals surface area contributed by atoms with E-state index in [9.17, 15) is 18.0 Å². The summed E-state index contributed by atoms with van der Waals surface area (Å²) >= 11 is 0. The highest BCUT2D eigenvalue weighted by atomic mass is 19.4. The number of aryl methyl sites for hydroxylation is 1. The molecule has 0 bridgehead atoms. The summed E-state index contributed by atoms with van der Waals surface area (Å²) in [5, 5.41) is 0. The minimum absolute atomic E-state index is 0.00537. The molecule has 5 rings (SSSR count). The van der Waals surface area contributed by atoms with Crippen LogP contribution in [0.5, 0.6) is 0 Å². The second-order valence-electron chi connectivity index (χ2n) is 11.2. The van der Waals surface area contributed by atoms with Crippen molar-refractivity contribution in [1.29, 1.82) is 0 Å². The van der Waals surface area contributed by atoms with Crippen LogP contribution in [-0.2, 0) is 23.9 Å². The number of piperazine rings is 1. The zero-order valence-corrected chi connectivity index (χ0v) is 23.5. The predicted octanol–water partition coefficient (Wildman–Crippen LogP) is 5.87. The molecule has 0 amide bonds. The molecule has 1 atom stereocenters. The SMILES string of the molecule is Cc1ccc(C(C)C)cc1N1CCc2nc(-c3ccccc3C(F)(F)F)nc(N3CCN(CC=O)C[C@H]3C)c2C1. The van der Waals surface area contributed by atoms with Crippen LogP contribution in [-0.4, -0.2) is 59.9 Å². The van der Waals surface area contributed by atoms with Crippen LogP contribution in [0.3, 0.4) is 0 Å². The molecule has 212 valence electrons. The number of aldehydes is 1. The Morgan fingerprint density at radius 1 is 1.07 bits per heavy atom. The molecule has 2 aromatic carbocycles. The molecule has 0 N–H and O–H groups in total. The molecular weight excluding hydrogens is 515 g/mol. The van der Waals surface area contributed by atoms with Crippen LogP contribution in [0.15, 0.2) is 42.5 Å². The van der Waals surface area contributed by atoms with E-state index in [4.69, 9.17) is 9.97 Å². The van der Waals surface area contributed by atoms with E-state index in [1.165, 1.54) is 23.3 Å². The number of anilines is 2. The maximum absolute atomic E-state index is 14.0. The summed E-state index contributed by atoms with van der Waals surface area (Å²) in [6.07, 6.45) is -3.00. The van der Waals surface area contributed by atoms with Crippen LogP contribution in [0.4, 0.5) is 24.7 Å². The number of nitrogens with zero attached hydrogens (tertiary/aromatic N) is 5. The highest BCUT2D eigenvalue weighted by molar-refractivity contribution is 5.67. The van der Waals surface area contributed by atoms with Crippen molar-refractivity contribution in [3.8, 4) is 11.4 Å². The summed E-state index contributed by atoms with van der Waals surface area (Å²) in [5.41, 5.74) is 4.64. The number of rotatable bonds is 6. The lowest BCUT2D eigenvalue weighted by Crippen LogP contribution is -2.53. The molecule has 2 aliphatic rings. The summed E-state index contributed by atoms with van der Waals surface area (Å²) in [5.74, 6) is 1.20. The molecule has 0 spiro atoms. The molecule has 3 aromatic rings. The Hall–Kier alpha value is -3.46. The van der Waals surface area contributed by atoms with E-state index >= 15 is 0 Å². The number of hydrogen-bond donors (Lipinski definition) is 0. The number of hydrogen-bond acceptors (Lipinski definition) is 6. The molecule has 0 aliphatic carbocycles. The third kappa shape index (κ3) is 5.57. The second kappa shape index (κ2) is 11.2. The standard InChI is InChI=1S/C31H36F3N5O/c1-20(2)23-10-9-21(3)28(17-23)38-12-11-27-25(19-38)30(39-14-13-37(15-16-40)18-22(39)4)36-29(35-27)24-7-5-6-8-26(24)31(32,33)34/h5-10,16-17,20,22H,11-15,18-19H2,1-4H3/t22-/m1/s1. The predicted molar refractivity (Wildman–Crippen MR) is 152 cm³/mol. The van der Waals surface area contributed by atoms with Crippen molar-refractivity contribution in [2.45, 2.75) is 58.8 Å². The van der Waals surface area contributed by atoms with Gasteiger partial charge in [0.05, 0.1) is 17.8 Å². The van der Waals surface area contributed by atoms with Crippen molar-refractivity contribution in [2.24, 2.45) is 0 Å². The van der Waals surface area contributed by atoms with Crippen LogP contribution >= 0.6 is 0 Å².